The normalized spacial score (nSPS) is 26.1. The Morgan fingerprint density at radius 2 is 2.16 bits per heavy atom. The second kappa shape index (κ2) is 5.36. The molecule has 1 unspecified atom stereocenters. The minimum absolute atomic E-state index is 0.0261. The van der Waals surface area contributed by atoms with Gasteiger partial charge in [-0.3, -0.25) is 4.98 Å². The molecular formula is C12H17ClN2O3S. The third-order valence-electron chi connectivity index (χ3n) is 3.37. The molecule has 1 aliphatic rings. The van der Waals surface area contributed by atoms with E-state index in [2.05, 4.69) is 4.98 Å². The lowest BCUT2D eigenvalue weighted by Gasteiger charge is -2.22. The topological polar surface area (TPSA) is 70.5 Å². The van der Waals surface area contributed by atoms with Crippen LogP contribution in [0.3, 0.4) is 0 Å². The molecule has 2 heterocycles. The maximum Gasteiger partial charge on any atom is 0.246 e. The van der Waals surface area contributed by atoms with Crippen molar-refractivity contribution in [2.45, 2.75) is 36.7 Å². The summed E-state index contributed by atoms with van der Waals surface area (Å²) < 4.78 is 26.4. The van der Waals surface area contributed by atoms with Gasteiger partial charge in [0.25, 0.3) is 0 Å². The van der Waals surface area contributed by atoms with Gasteiger partial charge < -0.3 is 5.11 Å². The molecule has 0 bridgehead atoms. The van der Waals surface area contributed by atoms with E-state index < -0.39 is 15.6 Å². The van der Waals surface area contributed by atoms with Crippen LogP contribution >= 0.6 is 11.6 Å². The first-order valence-electron chi connectivity index (χ1n) is 6.15. The lowest BCUT2D eigenvalue weighted by atomic mass is 9.98. The number of pyridine rings is 1. The molecule has 1 saturated heterocycles. The molecule has 1 aromatic heterocycles. The fourth-order valence-corrected chi connectivity index (χ4v) is 4.06. The number of aliphatic hydroxyl groups is 1. The molecule has 5 nitrogen and oxygen atoms in total. The van der Waals surface area contributed by atoms with Crippen molar-refractivity contribution in [3.63, 3.8) is 0 Å². The molecule has 7 heteroatoms. The van der Waals surface area contributed by atoms with Gasteiger partial charge in [-0.05, 0) is 32.3 Å². The van der Waals surface area contributed by atoms with Crippen LogP contribution in [0.1, 0.15) is 26.2 Å². The first-order valence-corrected chi connectivity index (χ1v) is 7.97. The van der Waals surface area contributed by atoms with Crippen molar-refractivity contribution in [3.05, 3.63) is 23.5 Å². The van der Waals surface area contributed by atoms with Crippen LogP contribution in [0.25, 0.3) is 0 Å². The number of hydrogen-bond donors (Lipinski definition) is 1. The van der Waals surface area contributed by atoms with Crippen LogP contribution in [0.5, 0.6) is 0 Å². The lowest BCUT2D eigenvalue weighted by molar-refractivity contribution is 0.0465. The average molecular weight is 305 g/mol. The summed E-state index contributed by atoms with van der Waals surface area (Å²) in [6, 6.07) is 1.46. The molecule has 0 radical (unpaired) electrons. The molecule has 19 heavy (non-hydrogen) atoms. The molecule has 0 aromatic carbocycles. The number of sulfonamides is 1. The molecule has 1 atom stereocenters. The summed E-state index contributed by atoms with van der Waals surface area (Å²) in [6.45, 7) is 2.42. The number of rotatable bonds is 2. The Morgan fingerprint density at radius 3 is 2.84 bits per heavy atom. The van der Waals surface area contributed by atoms with Crippen LogP contribution in [-0.2, 0) is 10.0 Å². The van der Waals surface area contributed by atoms with Crippen molar-refractivity contribution in [1.82, 2.24) is 9.29 Å². The Hall–Kier alpha value is -0.690. The first kappa shape index (κ1) is 14.7. The summed E-state index contributed by atoms with van der Waals surface area (Å²) in [6.07, 6.45) is 4.36. The average Bonchev–Trinajstić information content (AvgIpc) is 2.51. The molecule has 2 rings (SSSR count). The highest BCUT2D eigenvalue weighted by Crippen LogP contribution is 2.28. The molecule has 0 spiro atoms. The summed E-state index contributed by atoms with van der Waals surface area (Å²) in [5.74, 6) is 0. The Kier molecular flexibility index (Phi) is 4.15. The Labute approximate surface area is 118 Å². The molecule has 1 aliphatic heterocycles. The van der Waals surface area contributed by atoms with Crippen LogP contribution in [0.2, 0.25) is 5.02 Å². The number of hydrogen-bond acceptors (Lipinski definition) is 4. The van der Waals surface area contributed by atoms with E-state index in [4.69, 9.17) is 11.6 Å². The minimum atomic E-state index is -3.64. The van der Waals surface area contributed by atoms with Gasteiger partial charge in [0.15, 0.2) is 0 Å². The second-order valence-corrected chi connectivity index (χ2v) is 7.37. The zero-order chi connectivity index (χ0) is 14.1. The Balaban J connectivity index is 2.28. The maximum absolute atomic E-state index is 12.5. The fraction of sp³-hybridized carbons (Fsp3) is 0.583. The third-order valence-corrected chi connectivity index (χ3v) is 5.74. The number of halogens is 1. The molecule has 1 N–H and O–H groups in total. The van der Waals surface area contributed by atoms with Gasteiger partial charge in [0, 0.05) is 25.5 Å². The Bertz CT molecular complexity index is 560. The highest BCUT2D eigenvalue weighted by Gasteiger charge is 2.32. The van der Waals surface area contributed by atoms with Crippen LogP contribution in [-0.4, -0.2) is 41.5 Å². The zero-order valence-electron chi connectivity index (χ0n) is 10.7. The molecule has 1 fully saturated rings. The molecule has 0 amide bonds. The van der Waals surface area contributed by atoms with Crippen molar-refractivity contribution in [2.75, 3.05) is 13.1 Å². The minimum Gasteiger partial charge on any atom is -0.390 e. The van der Waals surface area contributed by atoms with E-state index in [1.165, 1.54) is 22.8 Å². The summed E-state index contributed by atoms with van der Waals surface area (Å²) in [4.78, 5) is 3.85. The molecule has 1 aromatic rings. The van der Waals surface area contributed by atoms with Crippen molar-refractivity contribution in [1.29, 1.82) is 0 Å². The second-order valence-electron chi connectivity index (χ2n) is 5.06. The monoisotopic (exact) mass is 304 g/mol. The van der Waals surface area contributed by atoms with Crippen molar-refractivity contribution >= 4 is 21.6 Å². The standard InChI is InChI=1S/C12H17ClN2O3S/c1-12(16)4-2-7-15(8-5-12)19(17,18)11-9-14-6-3-10(11)13/h3,6,9,16H,2,4-5,7-8H2,1H3. The van der Waals surface area contributed by atoms with Crippen LogP contribution in [0, 0.1) is 0 Å². The van der Waals surface area contributed by atoms with Crippen molar-refractivity contribution in [2.24, 2.45) is 0 Å². The Morgan fingerprint density at radius 1 is 1.42 bits per heavy atom. The first-order chi connectivity index (χ1) is 8.83. The van der Waals surface area contributed by atoms with Crippen LogP contribution in [0.15, 0.2) is 23.4 Å². The summed E-state index contributed by atoms with van der Waals surface area (Å²) >= 11 is 5.93. The lowest BCUT2D eigenvalue weighted by Crippen LogP contribution is -2.33. The van der Waals surface area contributed by atoms with Gasteiger partial charge in [-0.1, -0.05) is 11.6 Å². The van der Waals surface area contributed by atoms with E-state index in [9.17, 15) is 13.5 Å². The van der Waals surface area contributed by atoms with E-state index in [0.717, 1.165) is 0 Å². The number of nitrogens with zero attached hydrogens (tertiary/aromatic N) is 2. The molecule has 0 aliphatic carbocycles. The van der Waals surface area contributed by atoms with E-state index >= 15 is 0 Å². The van der Waals surface area contributed by atoms with Gasteiger partial charge in [0.05, 0.1) is 10.6 Å². The van der Waals surface area contributed by atoms with Crippen LogP contribution < -0.4 is 0 Å². The highest BCUT2D eigenvalue weighted by atomic mass is 35.5. The van der Waals surface area contributed by atoms with Crippen molar-refractivity contribution < 1.29 is 13.5 Å². The molecular weight excluding hydrogens is 288 g/mol. The maximum atomic E-state index is 12.5. The van der Waals surface area contributed by atoms with Crippen molar-refractivity contribution in [3.8, 4) is 0 Å². The largest absolute Gasteiger partial charge is 0.390 e. The molecule has 0 saturated carbocycles. The number of aromatic nitrogens is 1. The van der Waals surface area contributed by atoms with E-state index in [1.54, 1.807) is 6.92 Å². The highest BCUT2D eigenvalue weighted by molar-refractivity contribution is 7.89. The zero-order valence-corrected chi connectivity index (χ0v) is 12.3. The predicted octanol–water partition coefficient (Wildman–Crippen LogP) is 1.66. The summed E-state index contributed by atoms with van der Waals surface area (Å²) in [5, 5.41) is 10.2. The smallest absolute Gasteiger partial charge is 0.246 e. The van der Waals surface area contributed by atoms with E-state index in [1.807, 2.05) is 0 Å². The van der Waals surface area contributed by atoms with Gasteiger partial charge in [-0.2, -0.15) is 4.31 Å². The van der Waals surface area contributed by atoms with E-state index in [-0.39, 0.29) is 9.92 Å². The quantitative estimate of drug-likeness (QED) is 0.902. The SMILES string of the molecule is CC1(O)CCCN(S(=O)(=O)c2cnccc2Cl)CC1. The van der Waals surface area contributed by atoms with Gasteiger partial charge in [-0.15, -0.1) is 0 Å². The van der Waals surface area contributed by atoms with Crippen LogP contribution in [0.4, 0.5) is 0 Å². The summed E-state index contributed by atoms with van der Waals surface area (Å²) in [5.41, 5.74) is -0.803. The summed E-state index contributed by atoms with van der Waals surface area (Å²) in [7, 11) is -3.64. The van der Waals surface area contributed by atoms with Gasteiger partial charge in [0.2, 0.25) is 10.0 Å². The van der Waals surface area contributed by atoms with Gasteiger partial charge in [-0.25, -0.2) is 8.42 Å². The third kappa shape index (κ3) is 3.25. The van der Waals surface area contributed by atoms with E-state index in [0.29, 0.717) is 32.4 Å². The van der Waals surface area contributed by atoms with Gasteiger partial charge >= 0.3 is 0 Å². The predicted molar refractivity (Wildman–Crippen MR) is 72.5 cm³/mol. The molecule has 106 valence electrons. The fourth-order valence-electron chi connectivity index (χ4n) is 2.17. The van der Waals surface area contributed by atoms with Gasteiger partial charge in [0.1, 0.15) is 4.90 Å².